The lowest BCUT2D eigenvalue weighted by Gasteiger charge is -2.29. The van der Waals surface area contributed by atoms with Crippen LogP contribution in [-0.4, -0.2) is 50.3 Å². The first-order valence-electron chi connectivity index (χ1n) is 7.02. The Hall–Kier alpha value is -0.420. The SMILES string of the molecule is CC(CN1CCOCC1)NCCc1cccc(Br)c1. The van der Waals surface area contributed by atoms with Crippen LogP contribution < -0.4 is 5.32 Å². The van der Waals surface area contributed by atoms with E-state index in [9.17, 15) is 0 Å². The first kappa shape index (κ1) is 15.0. The van der Waals surface area contributed by atoms with Gasteiger partial charge in [0.1, 0.15) is 0 Å². The summed E-state index contributed by atoms with van der Waals surface area (Å²) >= 11 is 3.51. The number of hydrogen-bond acceptors (Lipinski definition) is 3. The summed E-state index contributed by atoms with van der Waals surface area (Å²) in [6, 6.07) is 9.06. The van der Waals surface area contributed by atoms with Gasteiger partial charge < -0.3 is 10.1 Å². The predicted octanol–water partition coefficient (Wildman–Crippen LogP) is 2.30. The molecule has 1 unspecified atom stereocenters. The van der Waals surface area contributed by atoms with Gasteiger partial charge in [-0.2, -0.15) is 0 Å². The summed E-state index contributed by atoms with van der Waals surface area (Å²) in [5, 5.41) is 3.60. The molecule has 0 amide bonds. The molecular formula is C15H23BrN2O. The van der Waals surface area contributed by atoms with Crippen LogP contribution in [0.15, 0.2) is 28.7 Å². The molecule has 1 heterocycles. The molecule has 1 aromatic rings. The maximum absolute atomic E-state index is 5.36. The Kier molecular flexibility index (Phi) is 6.31. The minimum Gasteiger partial charge on any atom is -0.379 e. The molecule has 1 saturated heterocycles. The van der Waals surface area contributed by atoms with Crippen molar-refractivity contribution < 1.29 is 4.74 Å². The van der Waals surface area contributed by atoms with Crippen molar-refractivity contribution >= 4 is 15.9 Å². The zero-order valence-corrected chi connectivity index (χ0v) is 13.2. The van der Waals surface area contributed by atoms with Crippen molar-refractivity contribution in [3.63, 3.8) is 0 Å². The molecule has 4 heteroatoms. The molecule has 0 aromatic heterocycles. The van der Waals surface area contributed by atoms with Crippen LogP contribution in [-0.2, 0) is 11.2 Å². The van der Waals surface area contributed by atoms with Crippen LogP contribution in [0, 0.1) is 0 Å². The van der Waals surface area contributed by atoms with Gasteiger partial charge in [0.2, 0.25) is 0 Å². The summed E-state index contributed by atoms with van der Waals surface area (Å²) in [5.74, 6) is 0. The second-order valence-electron chi connectivity index (χ2n) is 5.15. The van der Waals surface area contributed by atoms with Gasteiger partial charge >= 0.3 is 0 Å². The summed E-state index contributed by atoms with van der Waals surface area (Å²) in [7, 11) is 0. The third-order valence-corrected chi connectivity index (χ3v) is 3.92. The predicted molar refractivity (Wildman–Crippen MR) is 82.6 cm³/mol. The van der Waals surface area contributed by atoms with Gasteiger partial charge in [-0.25, -0.2) is 0 Å². The minimum absolute atomic E-state index is 0.533. The fraction of sp³-hybridized carbons (Fsp3) is 0.600. The molecule has 0 saturated carbocycles. The molecule has 1 N–H and O–H groups in total. The third-order valence-electron chi connectivity index (χ3n) is 3.43. The van der Waals surface area contributed by atoms with Crippen LogP contribution in [0.5, 0.6) is 0 Å². The maximum Gasteiger partial charge on any atom is 0.0594 e. The first-order valence-corrected chi connectivity index (χ1v) is 7.81. The highest BCUT2D eigenvalue weighted by Gasteiger charge is 2.12. The maximum atomic E-state index is 5.36. The zero-order chi connectivity index (χ0) is 13.5. The number of hydrogen-bond donors (Lipinski definition) is 1. The molecule has 1 fully saturated rings. The number of rotatable bonds is 6. The number of nitrogens with one attached hydrogen (secondary N) is 1. The molecule has 0 spiro atoms. The van der Waals surface area contributed by atoms with Gasteiger partial charge in [0, 0.05) is 30.1 Å². The van der Waals surface area contributed by atoms with Crippen molar-refractivity contribution in [3.05, 3.63) is 34.3 Å². The topological polar surface area (TPSA) is 24.5 Å². The fourth-order valence-electron chi connectivity index (χ4n) is 2.39. The van der Waals surface area contributed by atoms with E-state index < -0.39 is 0 Å². The Morgan fingerprint density at radius 2 is 2.16 bits per heavy atom. The van der Waals surface area contributed by atoms with Crippen molar-refractivity contribution in [3.8, 4) is 0 Å². The van der Waals surface area contributed by atoms with E-state index in [1.54, 1.807) is 0 Å². The summed E-state index contributed by atoms with van der Waals surface area (Å²) in [4.78, 5) is 2.47. The molecule has 0 aliphatic carbocycles. The quantitative estimate of drug-likeness (QED) is 0.868. The Bertz CT molecular complexity index is 380. The van der Waals surface area contributed by atoms with E-state index in [2.05, 4.69) is 57.3 Å². The van der Waals surface area contributed by atoms with Crippen LogP contribution >= 0.6 is 15.9 Å². The molecule has 1 aliphatic rings. The van der Waals surface area contributed by atoms with Crippen molar-refractivity contribution in [2.75, 3.05) is 39.4 Å². The summed E-state index contributed by atoms with van der Waals surface area (Å²) < 4.78 is 6.52. The number of morpholine rings is 1. The van der Waals surface area contributed by atoms with Crippen LogP contribution in [0.25, 0.3) is 0 Å². The molecule has 1 aliphatic heterocycles. The van der Waals surface area contributed by atoms with E-state index in [0.29, 0.717) is 6.04 Å². The van der Waals surface area contributed by atoms with Crippen LogP contribution in [0.4, 0.5) is 0 Å². The van der Waals surface area contributed by atoms with Crippen LogP contribution in [0.3, 0.4) is 0 Å². The average Bonchev–Trinajstić information content (AvgIpc) is 2.40. The smallest absolute Gasteiger partial charge is 0.0594 e. The van der Waals surface area contributed by atoms with Crippen molar-refractivity contribution in [1.29, 1.82) is 0 Å². The van der Waals surface area contributed by atoms with E-state index in [-0.39, 0.29) is 0 Å². The Balaban J connectivity index is 1.64. The molecule has 19 heavy (non-hydrogen) atoms. The molecular weight excluding hydrogens is 304 g/mol. The minimum atomic E-state index is 0.533. The van der Waals surface area contributed by atoms with E-state index in [1.165, 1.54) is 5.56 Å². The van der Waals surface area contributed by atoms with Gasteiger partial charge in [-0.15, -0.1) is 0 Å². The lowest BCUT2D eigenvalue weighted by atomic mass is 10.1. The monoisotopic (exact) mass is 326 g/mol. The normalized spacial score (nSPS) is 18.4. The number of nitrogens with zero attached hydrogens (tertiary/aromatic N) is 1. The highest BCUT2D eigenvalue weighted by molar-refractivity contribution is 9.10. The van der Waals surface area contributed by atoms with E-state index >= 15 is 0 Å². The van der Waals surface area contributed by atoms with E-state index in [4.69, 9.17) is 4.74 Å². The van der Waals surface area contributed by atoms with Crippen LogP contribution in [0.1, 0.15) is 12.5 Å². The standard InChI is InChI=1S/C15H23BrN2O/c1-13(12-18-7-9-19-10-8-18)17-6-5-14-3-2-4-15(16)11-14/h2-4,11,13,17H,5-10,12H2,1H3. The third kappa shape index (κ3) is 5.61. The molecule has 2 rings (SSSR count). The molecule has 0 radical (unpaired) electrons. The van der Waals surface area contributed by atoms with Gasteiger partial charge in [0.15, 0.2) is 0 Å². The number of halogens is 1. The number of benzene rings is 1. The second-order valence-corrected chi connectivity index (χ2v) is 6.06. The largest absolute Gasteiger partial charge is 0.379 e. The van der Waals surface area contributed by atoms with Gasteiger partial charge in [0.05, 0.1) is 13.2 Å². The lowest BCUT2D eigenvalue weighted by Crippen LogP contribution is -2.44. The van der Waals surface area contributed by atoms with Gasteiger partial charge in [-0.3, -0.25) is 4.90 Å². The van der Waals surface area contributed by atoms with E-state index in [1.807, 2.05) is 0 Å². The summed E-state index contributed by atoms with van der Waals surface area (Å²) in [5.41, 5.74) is 1.38. The first-order chi connectivity index (χ1) is 9.24. The van der Waals surface area contributed by atoms with Crippen molar-refractivity contribution in [2.24, 2.45) is 0 Å². The van der Waals surface area contributed by atoms with Crippen molar-refractivity contribution in [2.45, 2.75) is 19.4 Å². The lowest BCUT2D eigenvalue weighted by molar-refractivity contribution is 0.0344. The van der Waals surface area contributed by atoms with Gasteiger partial charge in [-0.05, 0) is 37.6 Å². The summed E-state index contributed by atoms with van der Waals surface area (Å²) in [6.45, 7) is 8.30. The highest BCUT2D eigenvalue weighted by Crippen LogP contribution is 2.11. The van der Waals surface area contributed by atoms with Gasteiger partial charge in [-0.1, -0.05) is 28.1 Å². The fourth-order valence-corrected chi connectivity index (χ4v) is 2.84. The molecule has 106 valence electrons. The Labute approximate surface area is 124 Å². The second kappa shape index (κ2) is 8.00. The number of ether oxygens (including phenoxy) is 1. The zero-order valence-electron chi connectivity index (χ0n) is 11.6. The summed E-state index contributed by atoms with van der Waals surface area (Å²) in [6.07, 6.45) is 1.08. The molecule has 1 atom stereocenters. The molecule has 0 bridgehead atoms. The Morgan fingerprint density at radius 1 is 1.37 bits per heavy atom. The highest BCUT2D eigenvalue weighted by atomic mass is 79.9. The van der Waals surface area contributed by atoms with Crippen molar-refractivity contribution in [1.82, 2.24) is 10.2 Å². The Morgan fingerprint density at radius 3 is 2.89 bits per heavy atom. The van der Waals surface area contributed by atoms with Crippen LogP contribution in [0.2, 0.25) is 0 Å². The van der Waals surface area contributed by atoms with Gasteiger partial charge in [0.25, 0.3) is 0 Å². The van der Waals surface area contributed by atoms with E-state index in [0.717, 1.165) is 50.3 Å². The molecule has 1 aromatic carbocycles. The average molecular weight is 327 g/mol. The molecule has 3 nitrogen and oxygen atoms in total.